The van der Waals surface area contributed by atoms with Crippen LogP contribution in [0, 0.1) is 6.92 Å². The highest BCUT2D eigenvalue weighted by atomic mass is 32.2. The van der Waals surface area contributed by atoms with Crippen molar-refractivity contribution in [1.82, 2.24) is 4.90 Å². The first-order chi connectivity index (χ1) is 10.7. The van der Waals surface area contributed by atoms with E-state index in [4.69, 9.17) is 8.92 Å². The van der Waals surface area contributed by atoms with Gasteiger partial charge in [0.1, 0.15) is 11.7 Å². The molecule has 6 nitrogen and oxygen atoms in total. The van der Waals surface area contributed by atoms with Gasteiger partial charge in [-0.25, -0.2) is 9.00 Å². The molecule has 0 saturated carbocycles. The summed E-state index contributed by atoms with van der Waals surface area (Å²) in [4.78, 5) is 13.7. The van der Waals surface area contributed by atoms with Crippen molar-refractivity contribution in [3.8, 4) is 0 Å². The first-order valence-corrected chi connectivity index (χ1v) is 8.50. The van der Waals surface area contributed by atoms with E-state index in [0.717, 1.165) is 11.1 Å². The van der Waals surface area contributed by atoms with Crippen LogP contribution >= 0.6 is 0 Å². The van der Waals surface area contributed by atoms with Crippen molar-refractivity contribution in [3.05, 3.63) is 35.4 Å². The van der Waals surface area contributed by atoms with Crippen LogP contribution in [0.25, 0.3) is 0 Å². The van der Waals surface area contributed by atoms with Gasteiger partial charge in [0.2, 0.25) is 0 Å². The second-order valence-electron chi connectivity index (χ2n) is 6.66. The lowest BCUT2D eigenvalue weighted by molar-refractivity contribution is -0.0338. The van der Waals surface area contributed by atoms with E-state index in [1.807, 2.05) is 31.2 Å². The molecular formula is C16H22NO5S-. The molecule has 1 heterocycles. The Morgan fingerprint density at radius 2 is 1.96 bits per heavy atom. The van der Waals surface area contributed by atoms with Crippen molar-refractivity contribution in [3.63, 3.8) is 0 Å². The van der Waals surface area contributed by atoms with Crippen LogP contribution in [0.5, 0.6) is 0 Å². The lowest BCUT2D eigenvalue weighted by Gasteiger charge is -2.45. The number of carbonyl (C=O) groups excluding carboxylic acids is 1. The number of hydrogen-bond acceptors (Lipinski definition) is 5. The van der Waals surface area contributed by atoms with E-state index >= 15 is 0 Å². The summed E-state index contributed by atoms with van der Waals surface area (Å²) < 4.78 is 32.5. The minimum absolute atomic E-state index is 0.356. The number of hydrogen-bond donors (Lipinski definition) is 0. The van der Waals surface area contributed by atoms with Crippen LogP contribution in [0.4, 0.5) is 4.79 Å². The van der Waals surface area contributed by atoms with E-state index in [1.54, 1.807) is 20.8 Å². The number of benzene rings is 1. The van der Waals surface area contributed by atoms with E-state index in [0.29, 0.717) is 13.0 Å². The number of ether oxygens (including phenoxy) is 1. The summed E-state index contributed by atoms with van der Waals surface area (Å²) in [5.74, 6) is 0. The molecule has 0 spiro atoms. The van der Waals surface area contributed by atoms with Crippen molar-refractivity contribution in [1.29, 1.82) is 0 Å². The zero-order valence-corrected chi connectivity index (χ0v) is 14.6. The molecule has 7 heteroatoms. The number of amides is 1. The van der Waals surface area contributed by atoms with E-state index in [2.05, 4.69) is 0 Å². The maximum atomic E-state index is 12.2. The topological polar surface area (TPSA) is 78.9 Å². The van der Waals surface area contributed by atoms with Gasteiger partial charge >= 0.3 is 6.09 Å². The van der Waals surface area contributed by atoms with Crippen molar-refractivity contribution in [2.45, 2.75) is 51.9 Å². The molecule has 1 aliphatic heterocycles. The Morgan fingerprint density at radius 3 is 2.39 bits per heavy atom. The van der Waals surface area contributed by atoms with E-state index in [-0.39, 0.29) is 6.04 Å². The van der Waals surface area contributed by atoms with Crippen LogP contribution in [0.1, 0.15) is 44.4 Å². The molecule has 128 valence electrons. The summed E-state index contributed by atoms with van der Waals surface area (Å²) >= 11 is -2.67. The minimum Gasteiger partial charge on any atom is -0.750 e. The van der Waals surface area contributed by atoms with Gasteiger partial charge in [-0.15, -0.1) is 0 Å². The third-order valence-corrected chi connectivity index (χ3v) is 4.00. The molecule has 3 atom stereocenters. The van der Waals surface area contributed by atoms with Gasteiger partial charge in [0.15, 0.2) is 0 Å². The zero-order valence-electron chi connectivity index (χ0n) is 13.8. The Bertz CT molecular complexity index is 581. The summed E-state index contributed by atoms with van der Waals surface area (Å²) in [6.45, 7) is 7.85. The Morgan fingerprint density at radius 1 is 1.35 bits per heavy atom. The molecule has 1 saturated heterocycles. The molecule has 1 fully saturated rings. The smallest absolute Gasteiger partial charge is 0.410 e. The maximum Gasteiger partial charge on any atom is 0.410 e. The number of likely N-dealkylation sites (tertiary alicyclic amines) is 1. The number of aryl methyl sites for hydroxylation is 1. The summed E-state index contributed by atoms with van der Waals surface area (Å²) in [6.07, 6.45) is -0.518. The first-order valence-electron chi connectivity index (χ1n) is 7.50. The molecule has 1 amide bonds. The molecule has 0 N–H and O–H groups in total. The lowest BCUT2D eigenvalue weighted by Crippen LogP contribution is -2.55. The van der Waals surface area contributed by atoms with Crippen molar-refractivity contribution < 1.29 is 22.5 Å². The standard InChI is InChI=1S/C16H23NO5S/c1-11-5-7-12(8-6-11)14(22-23(19)20)13-9-10-17(13)15(18)21-16(2,3)4/h5-8,13-14H,9-10H2,1-4H3,(H,19,20)/p-1. The molecule has 0 aliphatic carbocycles. The Balaban J connectivity index is 2.17. The number of nitrogens with zero attached hydrogens (tertiary/aromatic N) is 1. The van der Waals surface area contributed by atoms with Crippen molar-refractivity contribution in [2.75, 3.05) is 6.54 Å². The number of rotatable bonds is 4. The summed E-state index contributed by atoms with van der Waals surface area (Å²) in [6, 6.07) is 7.05. The lowest BCUT2D eigenvalue weighted by atomic mass is 9.92. The molecule has 0 aromatic heterocycles. The summed E-state index contributed by atoms with van der Waals surface area (Å²) in [5.41, 5.74) is 1.19. The van der Waals surface area contributed by atoms with Crippen LogP contribution in [0.15, 0.2) is 24.3 Å². The molecule has 0 bridgehead atoms. The third-order valence-electron chi connectivity index (χ3n) is 3.63. The fraction of sp³-hybridized carbons (Fsp3) is 0.562. The van der Waals surface area contributed by atoms with Crippen LogP contribution < -0.4 is 0 Å². The molecule has 3 unspecified atom stereocenters. The monoisotopic (exact) mass is 340 g/mol. The second-order valence-corrected chi connectivity index (χ2v) is 7.26. The summed E-state index contributed by atoms with van der Waals surface area (Å²) in [5, 5.41) is 0. The van der Waals surface area contributed by atoms with Gasteiger partial charge < -0.3 is 14.2 Å². The Labute approximate surface area is 139 Å². The molecule has 1 aromatic rings. The first kappa shape index (κ1) is 17.9. The molecular weight excluding hydrogens is 318 g/mol. The van der Waals surface area contributed by atoms with Gasteiger partial charge in [-0.2, -0.15) is 0 Å². The van der Waals surface area contributed by atoms with Gasteiger partial charge in [-0.1, -0.05) is 29.8 Å². The zero-order chi connectivity index (χ0) is 17.2. The highest BCUT2D eigenvalue weighted by Crippen LogP contribution is 2.34. The Kier molecular flexibility index (Phi) is 5.44. The van der Waals surface area contributed by atoms with Gasteiger partial charge in [0.25, 0.3) is 0 Å². The van der Waals surface area contributed by atoms with Crippen LogP contribution in [-0.4, -0.2) is 37.9 Å². The average molecular weight is 340 g/mol. The number of carbonyl (C=O) groups is 1. The quantitative estimate of drug-likeness (QED) is 0.788. The van der Waals surface area contributed by atoms with E-state index in [9.17, 15) is 13.6 Å². The summed E-state index contributed by atoms with van der Waals surface area (Å²) in [7, 11) is 0. The Hall–Kier alpha value is -1.44. The normalized spacial score (nSPS) is 20.6. The van der Waals surface area contributed by atoms with Crippen LogP contribution in [-0.2, 0) is 20.3 Å². The van der Waals surface area contributed by atoms with Crippen LogP contribution in [0.2, 0.25) is 0 Å². The van der Waals surface area contributed by atoms with Crippen molar-refractivity contribution in [2.24, 2.45) is 0 Å². The maximum absolute atomic E-state index is 12.2. The molecule has 2 rings (SSSR count). The van der Waals surface area contributed by atoms with Gasteiger partial charge in [0.05, 0.1) is 17.4 Å². The van der Waals surface area contributed by atoms with Crippen molar-refractivity contribution >= 4 is 17.5 Å². The van der Waals surface area contributed by atoms with E-state index in [1.165, 1.54) is 4.90 Å². The SMILES string of the molecule is Cc1ccc(C(OS(=O)[O-])C2CCN2C(=O)OC(C)(C)C)cc1. The second kappa shape index (κ2) is 6.98. The predicted octanol–water partition coefficient (Wildman–Crippen LogP) is 2.86. The minimum atomic E-state index is -2.67. The van der Waals surface area contributed by atoms with E-state index < -0.39 is 29.2 Å². The highest BCUT2D eigenvalue weighted by molar-refractivity contribution is 7.74. The molecule has 23 heavy (non-hydrogen) atoms. The third kappa shape index (κ3) is 4.76. The largest absolute Gasteiger partial charge is 0.750 e. The molecule has 1 aliphatic rings. The fourth-order valence-electron chi connectivity index (χ4n) is 2.45. The average Bonchev–Trinajstić information content (AvgIpc) is 2.34. The molecule has 1 aromatic carbocycles. The van der Waals surface area contributed by atoms with Gasteiger partial charge in [-0.05, 0) is 39.7 Å². The molecule has 0 radical (unpaired) electrons. The fourth-order valence-corrected chi connectivity index (χ4v) is 2.86. The van der Waals surface area contributed by atoms with Gasteiger partial charge in [0, 0.05) is 6.54 Å². The highest BCUT2D eigenvalue weighted by Gasteiger charge is 2.41. The predicted molar refractivity (Wildman–Crippen MR) is 85.3 cm³/mol. The van der Waals surface area contributed by atoms with Gasteiger partial charge in [-0.3, -0.25) is 4.18 Å². The van der Waals surface area contributed by atoms with Crippen LogP contribution in [0.3, 0.4) is 0 Å².